The van der Waals surface area contributed by atoms with E-state index in [1.165, 1.54) is 12.1 Å². The molecular weight excluding hydrogens is 813 g/mol. The van der Waals surface area contributed by atoms with E-state index in [2.05, 4.69) is 20.5 Å². The van der Waals surface area contributed by atoms with Gasteiger partial charge in [0.15, 0.2) is 0 Å². The summed E-state index contributed by atoms with van der Waals surface area (Å²) in [5.74, 6) is 1.14. The van der Waals surface area contributed by atoms with Crippen LogP contribution in [-0.2, 0) is 4.74 Å². The van der Waals surface area contributed by atoms with Crippen LogP contribution in [0.1, 0.15) is 81.7 Å². The smallest absolute Gasteiger partial charge is 0.408 e. The Morgan fingerprint density at radius 2 is 1.59 bits per heavy atom. The van der Waals surface area contributed by atoms with Crippen molar-refractivity contribution in [3.8, 4) is 11.5 Å². The predicted octanol–water partition coefficient (Wildman–Crippen LogP) is 5.86. The van der Waals surface area contributed by atoms with E-state index < -0.39 is 18.2 Å². The van der Waals surface area contributed by atoms with E-state index in [-0.39, 0.29) is 47.2 Å². The minimum absolute atomic E-state index is 0.0623. The van der Waals surface area contributed by atoms with Gasteiger partial charge in [-0.2, -0.15) is 0 Å². The van der Waals surface area contributed by atoms with Crippen molar-refractivity contribution in [3.05, 3.63) is 141 Å². The molecule has 64 heavy (non-hydrogen) atoms. The standard InChI is InChI=1S/C50H58N6O8/c1-54(24-6-23-51-30-43(58)40-15-17-42(57)47-41(40)16-18-45(59)52-47)48(60)36-11-13-37(14-12-36)49(61)56-27-19-33(20-28-56)32-63-39-10-5-9-38(29-39)46(35-7-3-2-4-8-35)53-50(62)64-44-31-55-25-21-34(44)22-26-55/h2-5,7-18,29,33-34,43-44,46,51,57-58H,6,19-28,30-32H2,1H3,(H,52,59)(H,53,62)/t43-,44+,46?/m1/s1. The van der Waals surface area contributed by atoms with Crippen LogP contribution in [0.15, 0.2) is 108 Å². The molecule has 0 radical (unpaired) electrons. The highest BCUT2D eigenvalue weighted by molar-refractivity contribution is 5.97. The molecule has 5 aromatic rings. The molecule has 14 heteroatoms. The number of pyridine rings is 1. The summed E-state index contributed by atoms with van der Waals surface area (Å²) < 4.78 is 12.3. The summed E-state index contributed by atoms with van der Waals surface area (Å²) in [6, 6.07) is 30.2. The number of alkyl carbamates (subject to hydrolysis) is 1. The number of phenolic OH excluding ortho intramolecular Hbond substituents is 1. The zero-order valence-corrected chi connectivity index (χ0v) is 36.3. The molecule has 0 spiro atoms. The molecule has 2 bridgehead atoms. The molecule has 5 N–H and O–H groups in total. The van der Waals surface area contributed by atoms with Gasteiger partial charge in [-0.3, -0.25) is 19.3 Å². The first-order valence-electron chi connectivity index (χ1n) is 22.5. The normalized spacial score (nSPS) is 19.5. The highest BCUT2D eigenvalue weighted by atomic mass is 16.6. The fourth-order valence-corrected chi connectivity index (χ4v) is 9.24. The number of phenols is 1. The summed E-state index contributed by atoms with van der Waals surface area (Å²) in [6.07, 6.45) is 3.03. The fraction of sp³-hybridized carbons (Fsp3) is 0.400. The Morgan fingerprint density at radius 3 is 2.33 bits per heavy atom. The molecule has 3 amide bonds. The van der Waals surface area contributed by atoms with Gasteiger partial charge < -0.3 is 45.1 Å². The van der Waals surface area contributed by atoms with Crippen LogP contribution in [0.5, 0.6) is 11.5 Å². The lowest BCUT2D eigenvalue weighted by Gasteiger charge is -2.43. The molecule has 4 aromatic carbocycles. The number of piperidine rings is 4. The van der Waals surface area contributed by atoms with Gasteiger partial charge >= 0.3 is 6.09 Å². The largest absolute Gasteiger partial charge is 0.506 e. The van der Waals surface area contributed by atoms with Gasteiger partial charge in [-0.05, 0) is 129 Å². The Hall–Kier alpha value is -6.22. The summed E-state index contributed by atoms with van der Waals surface area (Å²) in [7, 11) is 1.74. The van der Waals surface area contributed by atoms with E-state index >= 15 is 0 Å². The van der Waals surface area contributed by atoms with Gasteiger partial charge in [0.2, 0.25) is 5.56 Å². The lowest BCUT2D eigenvalue weighted by Crippen LogP contribution is -2.52. The summed E-state index contributed by atoms with van der Waals surface area (Å²) in [5.41, 5.74) is 3.42. The maximum absolute atomic E-state index is 13.5. The van der Waals surface area contributed by atoms with Crippen LogP contribution in [0, 0.1) is 11.8 Å². The van der Waals surface area contributed by atoms with Crippen molar-refractivity contribution in [2.24, 2.45) is 11.8 Å². The number of H-pyrrole nitrogens is 1. The first kappa shape index (κ1) is 44.4. The van der Waals surface area contributed by atoms with Crippen molar-refractivity contribution in [2.75, 3.05) is 66.0 Å². The number of aromatic nitrogens is 1. The van der Waals surface area contributed by atoms with E-state index in [0.29, 0.717) is 67.2 Å². The average Bonchev–Trinajstić information content (AvgIpc) is 3.33. The molecule has 14 nitrogen and oxygen atoms in total. The Bertz CT molecular complexity index is 2450. The van der Waals surface area contributed by atoms with Crippen LogP contribution >= 0.6 is 0 Å². The van der Waals surface area contributed by atoms with Gasteiger partial charge in [0.1, 0.15) is 17.6 Å². The first-order valence-corrected chi connectivity index (χ1v) is 22.5. The van der Waals surface area contributed by atoms with Crippen molar-refractivity contribution in [2.45, 2.75) is 50.4 Å². The third-order valence-electron chi connectivity index (χ3n) is 13.0. The summed E-state index contributed by atoms with van der Waals surface area (Å²) >= 11 is 0. The maximum Gasteiger partial charge on any atom is 0.408 e. The van der Waals surface area contributed by atoms with Crippen LogP contribution < -0.4 is 20.9 Å². The van der Waals surface area contributed by atoms with Crippen molar-refractivity contribution < 1.29 is 34.1 Å². The number of likely N-dealkylation sites (tertiary alicyclic amines) is 1. The molecule has 336 valence electrons. The highest BCUT2D eigenvalue weighted by Gasteiger charge is 2.37. The Balaban J connectivity index is 0.764. The van der Waals surface area contributed by atoms with Gasteiger partial charge in [0.25, 0.3) is 11.8 Å². The number of aliphatic hydroxyl groups excluding tert-OH is 1. The second-order valence-corrected chi connectivity index (χ2v) is 17.4. The van der Waals surface area contributed by atoms with Crippen molar-refractivity contribution in [1.82, 2.24) is 30.3 Å². The number of nitrogens with zero attached hydrogens (tertiary/aromatic N) is 3. The Morgan fingerprint density at radius 1 is 0.859 bits per heavy atom. The fourth-order valence-electron chi connectivity index (χ4n) is 9.24. The van der Waals surface area contributed by atoms with Gasteiger partial charge in [0.05, 0.1) is 24.3 Å². The number of rotatable bonds is 16. The Kier molecular flexibility index (Phi) is 14.2. The van der Waals surface area contributed by atoms with Crippen molar-refractivity contribution in [3.63, 3.8) is 0 Å². The number of aromatic hydroxyl groups is 1. The number of fused-ring (bicyclic) bond motifs is 4. The quantitative estimate of drug-likeness (QED) is 0.0756. The third-order valence-corrected chi connectivity index (χ3v) is 13.0. The Labute approximate surface area is 373 Å². The minimum Gasteiger partial charge on any atom is -0.506 e. The topological polar surface area (TPSA) is 177 Å². The van der Waals surface area contributed by atoms with E-state index in [1.807, 2.05) is 59.5 Å². The molecule has 4 saturated heterocycles. The number of aromatic amines is 1. The third kappa shape index (κ3) is 10.8. The number of ether oxygens (including phenoxy) is 2. The number of hydrogen-bond donors (Lipinski definition) is 5. The van der Waals surface area contributed by atoms with Gasteiger partial charge in [-0.15, -0.1) is 0 Å². The number of carbonyl (C=O) groups excluding carboxylic acids is 3. The summed E-state index contributed by atoms with van der Waals surface area (Å²) in [5, 5.41) is 27.9. The van der Waals surface area contributed by atoms with E-state index in [1.54, 1.807) is 48.3 Å². The molecule has 4 aliphatic heterocycles. The lowest BCUT2D eigenvalue weighted by atomic mass is 9.86. The van der Waals surface area contributed by atoms with Gasteiger partial charge in [-0.1, -0.05) is 48.5 Å². The molecule has 0 saturated carbocycles. The molecule has 4 fully saturated rings. The van der Waals surface area contributed by atoms with E-state index in [9.17, 15) is 29.4 Å². The number of hydrogen-bond acceptors (Lipinski definition) is 10. The number of nitrogens with one attached hydrogen (secondary N) is 3. The van der Waals surface area contributed by atoms with Crippen LogP contribution in [0.2, 0.25) is 0 Å². The SMILES string of the molecule is CN(CCCNC[C@@H](O)c1ccc(O)c2[nH]c(=O)ccc12)C(=O)c1ccc(C(=O)N2CCC(COc3cccc(C(NC(=O)O[C@H]4CN5CCC4CC5)c4ccccc4)c3)CC2)cc1. The van der Waals surface area contributed by atoms with Crippen LogP contribution in [-0.4, -0.2) is 120 Å². The second kappa shape index (κ2) is 20.5. The van der Waals surface area contributed by atoms with Crippen LogP contribution in [0.25, 0.3) is 10.9 Å². The number of aliphatic hydroxyl groups is 1. The molecule has 4 aliphatic rings. The molecular formula is C50H58N6O8. The average molecular weight is 871 g/mol. The number of carbonyl (C=O) groups is 3. The molecule has 9 rings (SSSR count). The highest BCUT2D eigenvalue weighted by Crippen LogP contribution is 2.32. The van der Waals surface area contributed by atoms with Crippen molar-refractivity contribution >= 4 is 28.8 Å². The van der Waals surface area contributed by atoms with Gasteiger partial charge in [-0.25, -0.2) is 4.79 Å². The summed E-state index contributed by atoms with van der Waals surface area (Å²) in [4.78, 5) is 60.2. The molecule has 1 unspecified atom stereocenters. The summed E-state index contributed by atoms with van der Waals surface area (Å²) in [6.45, 7) is 5.97. The van der Waals surface area contributed by atoms with Crippen LogP contribution in [0.4, 0.5) is 4.79 Å². The van der Waals surface area contributed by atoms with E-state index in [0.717, 1.165) is 62.2 Å². The minimum atomic E-state index is -0.868. The number of amides is 3. The van der Waals surface area contributed by atoms with Gasteiger partial charge in [0, 0.05) is 62.4 Å². The van der Waals surface area contributed by atoms with Crippen LogP contribution in [0.3, 0.4) is 0 Å². The molecule has 0 aliphatic carbocycles. The zero-order valence-electron chi connectivity index (χ0n) is 36.3. The monoisotopic (exact) mass is 870 g/mol. The molecule has 1 aromatic heterocycles. The zero-order chi connectivity index (χ0) is 44.6. The predicted molar refractivity (Wildman–Crippen MR) is 244 cm³/mol. The van der Waals surface area contributed by atoms with E-state index in [4.69, 9.17) is 9.47 Å². The first-order chi connectivity index (χ1) is 31.1. The lowest BCUT2D eigenvalue weighted by molar-refractivity contribution is -0.0336. The maximum atomic E-state index is 13.5. The van der Waals surface area contributed by atoms with Crippen molar-refractivity contribution in [1.29, 1.82) is 0 Å². The second-order valence-electron chi connectivity index (χ2n) is 17.4. The molecule has 5 heterocycles. The number of benzene rings is 4. The molecule has 3 atom stereocenters.